The normalized spacial score (nSPS) is 24.6. The Morgan fingerprint density at radius 3 is 1.65 bits per heavy atom. The molecule has 3 atom stereocenters. The predicted molar refractivity (Wildman–Crippen MR) is 62.1 cm³/mol. The van der Waals surface area contributed by atoms with Crippen LogP contribution in [0.5, 0.6) is 0 Å². The van der Waals surface area contributed by atoms with E-state index in [1.165, 1.54) is 0 Å². The fourth-order valence-electron chi connectivity index (χ4n) is 2.54. The van der Waals surface area contributed by atoms with E-state index in [0.29, 0.717) is 5.92 Å². The zero-order valence-corrected chi connectivity index (χ0v) is 10.9. The highest BCUT2D eigenvalue weighted by atomic mass is 19.4. The summed E-state index contributed by atoms with van der Waals surface area (Å²) < 4.78 is 76.4. The van der Waals surface area contributed by atoms with Crippen LogP contribution in [-0.2, 0) is 12.4 Å². The lowest BCUT2D eigenvalue weighted by Crippen LogP contribution is -2.13. The molecule has 0 nitrogen and oxygen atoms in total. The first-order valence-corrected chi connectivity index (χ1v) is 6.29. The summed E-state index contributed by atoms with van der Waals surface area (Å²) in [6.07, 6.45) is -8.70. The first-order chi connectivity index (χ1) is 9.00. The molecule has 0 saturated heterocycles. The van der Waals surface area contributed by atoms with Crippen LogP contribution in [0.2, 0.25) is 0 Å². The molecule has 1 fully saturated rings. The van der Waals surface area contributed by atoms with Crippen molar-refractivity contribution in [2.24, 2.45) is 11.8 Å². The van der Waals surface area contributed by atoms with Gasteiger partial charge in [-0.15, -0.1) is 0 Å². The highest BCUT2D eigenvalue weighted by Gasteiger charge is 2.41. The van der Waals surface area contributed by atoms with Crippen molar-refractivity contribution >= 4 is 0 Å². The van der Waals surface area contributed by atoms with E-state index in [0.717, 1.165) is 18.6 Å². The van der Waals surface area contributed by atoms with E-state index in [1.807, 2.05) is 6.92 Å². The maximum absolute atomic E-state index is 12.7. The molecule has 0 aromatic heterocycles. The van der Waals surface area contributed by atoms with Crippen LogP contribution in [0, 0.1) is 11.8 Å². The Bertz CT molecular complexity index is 467. The third-order valence-corrected chi connectivity index (χ3v) is 3.95. The molecule has 0 amide bonds. The molecule has 0 spiro atoms. The molecular formula is C14H14F6. The lowest BCUT2D eigenvalue weighted by atomic mass is 9.91. The highest BCUT2D eigenvalue weighted by Crippen LogP contribution is 2.49. The maximum atomic E-state index is 12.7. The van der Waals surface area contributed by atoms with E-state index >= 15 is 0 Å². The van der Waals surface area contributed by atoms with Crippen LogP contribution in [0.3, 0.4) is 0 Å². The monoisotopic (exact) mass is 296 g/mol. The van der Waals surface area contributed by atoms with Crippen LogP contribution < -0.4 is 0 Å². The number of hydrogen-bond donors (Lipinski definition) is 0. The second-order valence-corrected chi connectivity index (χ2v) is 5.50. The fraction of sp³-hybridized carbons (Fsp3) is 0.571. The Labute approximate surface area is 112 Å². The SMILES string of the molecule is CC1CC1C(C)c1cc(C(F)(F)F)cc(C(F)(F)F)c1. The number of rotatable bonds is 2. The lowest BCUT2D eigenvalue weighted by molar-refractivity contribution is -0.143. The van der Waals surface area contributed by atoms with Crippen molar-refractivity contribution in [3.8, 4) is 0 Å². The van der Waals surface area contributed by atoms with Crippen molar-refractivity contribution in [1.29, 1.82) is 0 Å². The molecule has 0 bridgehead atoms. The van der Waals surface area contributed by atoms with Gasteiger partial charge in [0.05, 0.1) is 11.1 Å². The van der Waals surface area contributed by atoms with Gasteiger partial charge in [0.15, 0.2) is 0 Å². The van der Waals surface area contributed by atoms with Crippen LogP contribution in [-0.4, -0.2) is 0 Å². The third-order valence-electron chi connectivity index (χ3n) is 3.95. The molecule has 1 aliphatic rings. The topological polar surface area (TPSA) is 0 Å². The van der Waals surface area contributed by atoms with Crippen molar-refractivity contribution in [2.75, 3.05) is 0 Å². The lowest BCUT2D eigenvalue weighted by Gasteiger charge is -2.18. The minimum atomic E-state index is -4.77. The van der Waals surface area contributed by atoms with Crippen molar-refractivity contribution in [3.63, 3.8) is 0 Å². The Kier molecular flexibility index (Phi) is 3.55. The standard InChI is InChI=1S/C14H14F6/c1-7-3-12(7)8(2)9-4-10(13(15,16)17)6-11(5-9)14(18,19)20/h4-8,12H,3H2,1-2H3. The van der Waals surface area contributed by atoms with Crippen molar-refractivity contribution < 1.29 is 26.3 Å². The maximum Gasteiger partial charge on any atom is 0.416 e. The second kappa shape index (κ2) is 4.67. The minimum absolute atomic E-state index is 0.113. The van der Waals surface area contributed by atoms with Crippen LogP contribution in [0.4, 0.5) is 26.3 Å². The second-order valence-electron chi connectivity index (χ2n) is 5.50. The molecule has 20 heavy (non-hydrogen) atoms. The van der Waals surface area contributed by atoms with E-state index in [9.17, 15) is 26.3 Å². The first kappa shape index (κ1) is 15.2. The molecule has 2 rings (SSSR count). The summed E-state index contributed by atoms with van der Waals surface area (Å²) in [6.45, 7) is 3.63. The largest absolute Gasteiger partial charge is 0.416 e. The average molecular weight is 296 g/mol. The predicted octanol–water partition coefficient (Wildman–Crippen LogP) is 5.48. The molecule has 1 aromatic carbocycles. The molecule has 1 aliphatic carbocycles. The van der Waals surface area contributed by atoms with Gasteiger partial charge in [0.1, 0.15) is 0 Å². The Hall–Kier alpha value is -1.20. The molecule has 3 unspecified atom stereocenters. The van der Waals surface area contributed by atoms with Gasteiger partial charge >= 0.3 is 12.4 Å². The molecular weight excluding hydrogens is 282 g/mol. The van der Waals surface area contributed by atoms with E-state index in [1.54, 1.807) is 6.92 Å². The van der Waals surface area contributed by atoms with Gasteiger partial charge in [0, 0.05) is 0 Å². The summed E-state index contributed by atoms with van der Waals surface area (Å²) in [5, 5.41) is 0. The van der Waals surface area contributed by atoms with E-state index < -0.39 is 23.5 Å². The van der Waals surface area contributed by atoms with Crippen LogP contribution in [0.15, 0.2) is 18.2 Å². The Morgan fingerprint density at radius 1 is 0.950 bits per heavy atom. The molecule has 1 saturated carbocycles. The summed E-state index contributed by atoms with van der Waals surface area (Å²) in [5.41, 5.74) is -2.36. The van der Waals surface area contributed by atoms with Crippen molar-refractivity contribution in [2.45, 2.75) is 38.5 Å². The highest BCUT2D eigenvalue weighted by molar-refractivity contribution is 5.36. The molecule has 0 heterocycles. The van der Waals surface area contributed by atoms with Gasteiger partial charge in [-0.3, -0.25) is 0 Å². The van der Waals surface area contributed by atoms with Crippen LogP contribution in [0.25, 0.3) is 0 Å². The van der Waals surface area contributed by atoms with Gasteiger partial charge in [-0.1, -0.05) is 13.8 Å². The molecule has 0 aliphatic heterocycles. The molecule has 112 valence electrons. The van der Waals surface area contributed by atoms with Gasteiger partial charge in [0.25, 0.3) is 0 Å². The molecule has 6 heteroatoms. The van der Waals surface area contributed by atoms with Gasteiger partial charge in [0.2, 0.25) is 0 Å². The Morgan fingerprint density at radius 2 is 1.35 bits per heavy atom. The number of benzene rings is 1. The van der Waals surface area contributed by atoms with Gasteiger partial charge < -0.3 is 0 Å². The number of halogens is 6. The quantitative estimate of drug-likeness (QED) is 0.634. The van der Waals surface area contributed by atoms with Crippen molar-refractivity contribution in [1.82, 2.24) is 0 Å². The summed E-state index contributed by atoms with van der Waals surface area (Å²) in [7, 11) is 0. The number of hydrogen-bond acceptors (Lipinski definition) is 0. The van der Waals surface area contributed by atoms with E-state index in [4.69, 9.17) is 0 Å². The van der Waals surface area contributed by atoms with Gasteiger partial charge in [-0.25, -0.2) is 0 Å². The van der Waals surface area contributed by atoms with Gasteiger partial charge in [-0.2, -0.15) is 26.3 Å². The van der Waals surface area contributed by atoms with Crippen LogP contribution >= 0.6 is 0 Å². The molecule has 0 N–H and O–H groups in total. The summed E-state index contributed by atoms with van der Waals surface area (Å²) in [4.78, 5) is 0. The molecule has 0 radical (unpaired) electrons. The van der Waals surface area contributed by atoms with E-state index in [2.05, 4.69) is 0 Å². The third kappa shape index (κ3) is 3.10. The Balaban J connectivity index is 2.46. The average Bonchev–Trinajstić information content (AvgIpc) is 3.02. The van der Waals surface area contributed by atoms with E-state index in [-0.39, 0.29) is 23.5 Å². The summed E-state index contributed by atoms with van der Waals surface area (Å²) in [6, 6.07) is 1.85. The van der Waals surface area contributed by atoms with Gasteiger partial charge in [-0.05, 0) is 47.9 Å². The summed E-state index contributed by atoms with van der Waals surface area (Å²) in [5.74, 6) is 0.224. The molecule has 1 aromatic rings. The van der Waals surface area contributed by atoms with Crippen molar-refractivity contribution in [3.05, 3.63) is 34.9 Å². The van der Waals surface area contributed by atoms with Crippen LogP contribution in [0.1, 0.15) is 42.9 Å². The minimum Gasteiger partial charge on any atom is -0.166 e. The first-order valence-electron chi connectivity index (χ1n) is 6.29. The number of alkyl halides is 6. The zero-order valence-electron chi connectivity index (χ0n) is 10.9. The smallest absolute Gasteiger partial charge is 0.166 e. The zero-order chi connectivity index (χ0) is 15.3. The summed E-state index contributed by atoms with van der Waals surface area (Å²) >= 11 is 0. The fourth-order valence-corrected chi connectivity index (χ4v) is 2.54.